The first-order valence-electron chi connectivity index (χ1n) is 6.31. The smallest absolute Gasteiger partial charge is 0.313 e. The quantitative estimate of drug-likeness (QED) is 0.857. The number of nitrogens with zero attached hydrogens (tertiary/aromatic N) is 1. The van der Waals surface area contributed by atoms with Gasteiger partial charge in [-0.2, -0.15) is 13.2 Å². The molecule has 0 aliphatic rings. The van der Waals surface area contributed by atoms with Crippen LogP contribution in [-0.4, -0.2) is 38.3 Å². The van der Waals surface area contributed by atoms with E-state index in [9.17, 15) is 13.2 Å². The number of benzene rings is 1. The number of alkyl halides is 3. The van der Waals surface area contributed by atoms with Gasteiger partial charge in [0.05, 0.1) is 6.54 Å². The summed E-state index contributed by atoms with van der Waals surface area (Å²) in [4.78, 5) is 1.30. The molecular formula is C14H21F3N2. The third-order valence-electron chi connectivity index (χ3n) is 3.08. The van der Waals surface area contributed by atoms with E-state index >= 15 is 0 Å². The lowest BCUT2D eigenvalue weighted by molar-refractivity contribution is -0.143. The van der Waals surface area contributed by atoms with Crippen molar-refractivity contribution in [1.82, 2.24) is 10.2 Å². The maximum Gasteiger partial charge on any atom is 0.401 e. The molecule has 0 aliphatic heterocycles. The fraction of sp³-hybridized carbons (Fsp3) is 0.571. The maximum atomic E-state index is 12.2. The summed E-state index contributed by atoms with van der Waals surface area (Å²) in [5.41, 5.74) is 2.28. The largest absolute Gasteiger partial charge is 0.401 e. The first-order valence-corrected chi connectivity index (χ1v) is 6.31. The number of rotatable bonds is 6. The van der Waals surface area contributed by atoms with E-state index in [4.69, 9.17) is 0 Å². The lowest BCUT2D eigenvalue weighted by atomic mass is 10.0. The summed E-state index contributed by atoms with van der Waals surface area (Å²) < 4.78 is 36.7. The minimum absolute atomic E-state index is 0.0799. The molecule has 0 aliphatic carbocycles. The zero-order valence-electron chi connectivity index (χ0n) is 11.6. The van der Waals surface area contributed by atoms with Crippen LogP contribution in [0.2, 0.25) is 0 Å². The first-order chi connectivity index (χ1) is 8.81. The zero-order valence-corrected chi connectivity index (χ0v) is 11.6. The van der Waals surface area contributed by atoms with Crippen molar-refractivity contribution in [3.05, 3.63) is 35.4 Å². The molecule has 0 bridgehead atoms. The third-order valence-corrected chi connectivity index (χ3v) is 3.08. The van der Waals surface area contributed by atoms with Crippen LogP contribution in [0.3, 0.4) is 0 Å². The van der Waals surface area contributed by atoms with Gasteiger partial charge in [-0.1, -0.05) is 29.8 Å². The number of nitrogens with one attached hydrogen (secondary N) is 1. The highest BCUT2D eigenvalue weighted by molar-refractivity contribution is 5.24. The SMILES string of the molecule is CNC(CCN(C)CC(F)(F)F)c1ccc(C)cc1. The average molecular weight is 274 g/mol. The monoisotopic (exact) mass is 274 g/mol. The Morgan fingerprint density at radius 2 is 1.79 bits per heavy atom. The van der Waals surface area contributed by atoms with Gasteiger partial charge >= 0.3 is 6.18 Å². The number of aryl methyl sites for hydroxylation is 1. The molecule has 0 radical (unpaired) electrons. The average Bonchev–Trinajstić information content (AvgIpc) is 2.29. The standard InChI is InChI=1S/C14H21F3N2/c1-11-4-6-12(7-5-11)13(18-2)8-9-19(3)10-14(15,16)17/h4-7,13,18H,8-10H2,1-3H3. The molecule has 5 heteroatoms. The summed E-state index contributed by atoms with van der Waals surface area (Å²) in [7, 11) is 3.32. The van der Waals surface area contributed by atoms with Gasteiger partial charge in [-0.05, 0) is 39.5 Å². The number of hydrogen-bond donors (Lipinski definition) is 1. The Kier molecular flexibility index (Phi) is 5.82. The van der Waals surface area contributed by atoms with Crippen LogP contribution in [0.4, 0.5) is 13.2 Å². The maximum absolute atomic E-state index is 12.2. The Morgan fingerprint density at radius 3 is 2.26 bits per heavy atom. The van der Waals surface area contributed by atoms with Gasteiger partial charge in [-0.15, -0.1) is 0 Å². The van der Waals surface area contributed by atoms with Gasteiger partial charge in [0, 0.05) is 6.04 Å². The molecule has 1 N–H and O–H groups in total. The Morgan fingerprint density at radius 1 is 1.21 bits per heavy atom. The summed E-state index contributed by atoms with van der Waals surface area (Å²) in [6, 6.07) is 8.13. The molecule has 1 rings (SSSR count). The van der Waals surface area contributed by atoms with Crippen molar-refractivity contribution in [1.29, 1.82) is 0 Å². The predicted molar refractivity (Wildman–Crippen MR) is 71.1 cm³/mol. The molecular weight excluding hydrogens is 253 g/mol. The van der Waals surface area contributed by atoms with Crippen molar-refractivity contribution >= 4 is 0 Å². The first kappa shape index (κ1) is 16.0. The minimum atomic E-state index is -4.13. The van der Waals surface area contributed by atoms with Gasteiger partial charge < -0.3 is 5.32 Å². The molecule has 0 fully saturated rings. The highest BCUT2D eigenvalue weighted by Gasteiger charge is 2.29. The molecule has 2 nitrogen and oxygen atoms in total. The van der Waals surface area contributed by atoms with Gasteiger partial charge in [-0.25, -0.2) is 0 Å². The van der Waals surface area contributed by atoms with Crippen molar-refractivity contribution in [3.63, 3.8) is 0 Å². The highest BCUT2D eigenvalue weighted by Crippen LogP contribution is 2.19. The molecule has 108 valence electrons. The zero-order chi connectivity index (χ0) is 14.5. The van der Waals surface area contributed by atoms with Crippen LogP contribution in [0.25, 0.3) is 0 Å². The second kappa shape index (κ2) is 6.91. The van der Waals surface area contributed by atoms with E-state index in [2.05, 4.69) is 5.32 Å². The number of hydrogen-bond acceptors (Lipinski definition) is 2. The summed E-state index contributed by atoms with van der Waals surface area (Å²) in [6.07, 6.45) is -3.49. The lowest BCUT2D eigenvalue weighted by Gasteiger charge is -2.22. The normalized spacial score (nSPS) is 13.8. The Bertz CT molecular complexity index is 373. The van der Waals surface area contributed by atoms with Crippen molar-refractivity contribution in [2.24, 2.45) is 0 Å². The van der Waals surface area contributed by atoms with Gasteiger partial charge in [0.2, 0.25) is 0 Å². The molecule has 0 saturated carbocycles. The molecule has 1 unspecified atom stereocenters. The second-order valence-electron chi connectivity index (χ2n) is 4.89. The molecule has 0 spiro atoms. The van der Waals surface area contributed by atoms with E-state index in [1.807, 2.05) is 38.2 Å². The van der Waals surface area contributed by atoms with Crippen molar-refractivity contribution in [3.8, 4) is 0 Å². The van der Waals surface area contributed by atoms with E-state index in [1.54, 1.807) is 0 Å². The Hall–Kier alpha value is -1.07. The molecule has 19 heavy (non-hydrogen) atoms. The van der Waals surface area contributed by atoms with Crippen LogP contribution in [0.1, 0.15) is 23.6 Å². The highest BCUT2D eigenvalue weighted by atomic mass is 19.4. The van der Waals surface area contributed by atoms with Crippen LogP contribution in [0.5, 0.6) is 0 Å². The summed E-state index contributed by atoms with van der Waals surface area (Å²) in [5, 5.41) is 3.15. The predicted octanol–water partition coefficient (Wildman–Crippen LogP) is 3.14. The van der Waals surface area contributed by atoms with Crippen LogP contribution in [0.15, 0.2) is 24.3 Å². The van der Waals surface area contributed by atoms with Crippen LogP contribution in [-0.2, 0) is 0 Å². The molecule has 0 aromatic heterocycles. The Labute approximate surface area is 112 Å². The topological polar surface area (TPSA) is 15.3 Å². The van der Waals surface area contributed by atoms with Gasteiger partial charge in [0.25, 0.3) is 0 Å². The number of halogens is 3. The van der Waals surface area contributed by atoms with E-state index in [-0.39, 0.29) is 6.04 Å². The molecule has 1 aromatic rings. The van der Waals surface area contributed by atoms with Crippen molar-refractivity contribution in [2.45, 2.75) is 25.6 Å². The Balaban J connectivity index is 2.51. The van der Waals surface area contributed by atoms with Crippen molar-refractivity contribution in [2.75, 3.05) is 27.2 Å². The van der Waals surface area contributed by atoms with Crippen LogP contribution >= 0.6 is 0 Å². The third kappa shape index (κ3) is 6.07. The van der Waals surface area contributed by atoms with Gasteiger partial charge in [-0.3, -0.25) is 4.90 Å². The molecule has 1 aromatic carbocycles. The van der Waals surface area contributed by atoms with E-state index in [0.717, 1.165) is 5.56 Å². The van der Waals surface area contributed by atoms with Gasteiger partial charge in [0.15, 0.2) is 0 Å². The fourth-order valence-corrected chi connectivity index (χ4v) is 2.01. The summed E-state index contributed by atoms with van der Waals surface area (Å²) >= 11 is 0. The minimum Gasteiger partial charge on any atom is -0.313 e. The van der Waals surface area contributed by atoms with E-state index < -0.39 is 12.7 Å². The molecule has 0 amide bonds. The summed E-state index contributed by atoms with van der Waals surface area (Å²) in [6.45, 7) is 1.55. The van der Waals surface area contributed by atoms with Gasteiger partial charge in [0.1, 0.15) is 0 Å². The van der Waals surface area contributed by atoms with Crippen molar-refractivity contribution < 1.29 is 13.2 Å². The van der Waals surface area contributed by atoms with Crippen LogP contribution < -0.4 is 5.32 Å². The summed E-state index contributed by atoms with van der Waals surface area (Å²) in [5.74, 6) is 0. The fourth-order valence-electron chi connectivity index (χ4n) is 2.01. The lowest BCUT2D eigenvalue weighted by Crippen LogP contribution is -2.33. The molecule has 1 atom stereocenters. The van der Waals surface area contributed by atoms with E-state index in [0.29, 0.717) is 13.0 Å². The van der Waals surface area contributed by atoms with Crippen LogP contribution in [0, 0.1) is 6.92 Å². The molecule has 0 heterocycles. The van der Waals surface area contributed by atoms with E-state index in [1.165, 1.54) is 17.5 Å². The second-order valence-corrected chi connectivity index (χ2v) is 4.89. The molecule has 0 saturated heterocycles.